The van der Waals surface area contributed by atoms with Gasteiger partial charge in [0.25, 0.3) is 5.91 Å². The third-order valence-electron chi connectivity index (χ3n) is 3.24. The fraction of sp³-hybridized carbons (Fsp3) is 0.0588. The van der Waals surface area contributed by atoms with Crippen molar-refractivity contribution >= 4 is 45.6 Å². The standard InChI is InChI=1S/C17H12Cl2N2OS/c1-10-15(11-2-6-13(18)7-3-11)20-17(23-10)21-16(22)12-4-8-14(19)9-5-12/h2-9H,1H3,(H,20,21,22). The maximum Gasteiger partial charge on any atom is 0.257 e. The lowest BCUT2D eigenvalue weighted by Gasteiger charge is -2.01. The summed E-state index contributed by atoms with van der Waals surface area (Å²) in [5.74, 6) is -0.210. The largest absolute Gasteiger partial charge is 0.298 e. The van der Waals surface area contributed by atoms with Crippen molar-refractivity contribution in [1.82, 2.24) is 4.98 Å². The lowest BCUT2D eigenvalue weighted by atomic mass is 10.1. The number of nitrogens with zero attached hydrogens (tertiary/aromatic N) is 1. The molecule has 0 saturated carbocycles. The Bertz CT molecular complexity index is 842. The number of hydrogen-bond acceptors (Lipinski definition) is 3. The Morgan fingerprint density at radius 2 is 1.57 bits per heavy atom. The highest BCUT2D eigenvalue weighted by atomic mass is 35.5. The van der Waals surface area contributed by atoms with Crippen LogP contribution in [0.25, 0.3) is 11.3 Å². The number of amides is 1. The first-order valence-corrected chi connectivity index (χ1v) is 8.40. The Hall–Kier alpha value is -1.88. The van der Waals surface area contributed by atoms with Gasteiger partial charge in [0.15, 0.2) is 5.13 Å². The van der Waals surface area contributed by atoms with Gasteiger partial charge >= 0.3 is 0 Å². The van der Waals surface area contributed by atoms with Gasteiger partial charge in [-0.15, -0.1) is 11.3 Å². The zero-order valence-corrected chi connectivity index (χ0v) is 14.5. The fourth-order valence-electron chi connectivity index (χ4n) is 2.10. The van der Waals surface area contributed by atoms with E-state index >= 15 is 0 Å². The van der Waals surface area contributed by atoms with E-state index in [1.54, 1.807) is 24.3 Å². The van der Waals surface area contributed by atoms with Crippen LogP contribution in [0.5, 0.6) is 0 Å². The average molecular weight is 363 g/mol. The smallest absolute Gasteiger partial charge is 0.257 e. The Balaban J connectivity index is 1.82. The van der Waals surface area contributed by atoms with Gasteiger partial charge < -0.3 is 0 Å². The number of hydrogen-bond donors (Lipinski definition) is 1. The van der Waals surface area contributed by atoms with Crippen LogP contribution in [0.2, 0.25) is 10.0 Å². The zero-order chi connectivity index (χ0) is 16.4. The van der Waals surface area contributed by atoms with Crippen molar-refractivity contribution in [2.45, 2.75) is 6.92 Å². The van der Waals surface area contributed by atoms with Gasteiger partial charge in [0, 0.05) is 26.0 Å². The molecule has 0 aliphatic carbocycles. The molecule has 3 aromatic rings. The number of aromatic nitrogens is 1. The molecule has 0 unspecified atom stereocenters. The van der Waals surface area contributed by atoms with Crippen LogP contribution in [0.1, 0.15) is 15.2 Å². The summed E-state index contributed by atoms with van der Waals surface area (Å²) < 4.78 is 0. The molecule has 1 N–H and O–H groups in total. The second-order valence-corrected chi connectivity index (χ2v) is 6.97. The van der Waals surface area contributed by atoms with Crippen LogP contribution >= 0.6 is 34.5 Å². The van der Waals surface area contributed by atoms with Crippen LogP contribution < -0.4 is 5.32 Å². The quantitative estimate of drug-likeness (QED) is 0.651. The van der Waals surface area contributed by atoms with Crippen molar-refractivity contribution in [3.63, 3.8) is 0 Å². The maximum atomic E-state index is 12.2. The molecule has 3 nitrogen and oxygen atoms in total. The van der Waals surface area contributed by atoms with Crippen molar-refractivity contribution in [1.29, 1.82) is 0 Å². The molecule has 0 saturated heterocycles. The molecule has 116 valence electrons. The Morgan fingerprint density at radius 1 is 1.00 bits per heavy atom. The summed E-state index contributed by atoms with van der Waals surface area (Å²) in [7, 11) is 0. The van der Waals surface area contributed by atoms with E-state index in [0.717, 1.165) is 16.1 Å². The van der Waals surface area contributed by atoms with Crippen molar-refractivity contribution in [3.8, 4) is 11.3 Å². The SMILES string of the molecule is Cc1sc(NC(=O)c2ccc(Cl)cc2)nc1-c1ccc(Cl)cc1. The topological polar surface area (TPSA) is 42.0 Å². The van der Waals surface area contributed by atoms with Gasteiger partial charge in [0.1, 0.15) is 0 Å². The van der Waals surface area contributed by atoms with Gasteiger partial charge in [0.05, 0.1) is 5.69 Å². The van der Waals surface area contributed by atoms with E-state index in [9.17, 15) is 4.79 Å². The number of halogens is 2. The minimum absolute atomic E-state index is 0.210. The van der Waals surface area contributed by atoms with Gasteiger partial charge in [-0.3, -0.25) is 10.1 Å². The van der Waals surface area contributed by atoms with Crippen LogP contribution in [0, 0.1) is 6.92 Å². The highest BCUT2D eigenvalue weighted by Crippen LogP contribution is 2.31. The van der Waals surface area contributed by atoms with Gasteiger partial charge in [-0.1, -0.05) is 35.3 Å². The molecule has 23 heavy (non-hydrogen) atoms. The number of benzene rings is 2. The molecule has 1 heterocycles. The minimum atomic E-state index is -0.210. The highest BCUT2D eigenvalue weighted by Gasteiger charge is 2.13. The third-order valence-corrected chi connectivity index (χ3v) is 4.63. The molecule has 0 bridgehead atoms. The predicted molar refractivity (Wildman–Crippen MR) is 96.7 cm³/mol. The molecule has 3 rings (SSSR count). The molecule has 1 amide bonds. The normalized spacial score (nSPS) is 10.6. The maximum absolute atomic E-state index is 12.2. The number of carbonyl (C=O) groups is 1. The molecule has 0 fully saturated rings. The number of thiazole rings is 1. The molecule has 0 radical (unpaired) electrons. The Kier molecular flexibility index (Phi) is 4.66. The lowest BCUT2D eigenvalue weighted by Crippen LogP contribution is -2.11. The van der Waals surface area contributed by atoms with E-state index in [-0.39, 0.29) is 5.91 Å². The predicted octanol–water partition coefficient (Wildman–Crippen LogP) is 5.68. The van der Waals surface area contributed by atoms with Gasteiger partial charge in [-0.05, 0) is 43.3 Å². The van der Waals surface area contributed by atoms with Crippen LogP contribution in [0.4, 0.5) is 5.13 Å². The van der Waals surface area contributed by atoms with Gasteiger partial charge in [0.2, 0.25) is 0 Å². The molecular weight excluding hydrogens is 351 g/mol. The fourth-order valence-corrected chi connectivity index (χ4v) is 3.18. The molecule has 0 aliphatic heterocycles. The first-order chi connectivity index (χ1) is 11.0. The van der Waals surface area contributed by atoms with Crippen molar-refractivity contribution in [2.24, 2.45) is 0 Å². The van der Waals surface area contributed by atoms with E-state index in [2.05, 4.69) is 10.3 Å². The first-order valence-electron chi connectivity index (χ1n) is 6.83. The minimum Gasteiger partial charge on any atom is -0.298 e. The summed E-state index contributed by atoms with van der Waals surface area (Å²) in [5, 5.41) is 4.65. The molecule has 0 atom stereocenters. The van der Waals surface area contributed by atoms with Crippen molar-refractivity contribution in [2.75, 3.05) is 5.32 Å². The van der Waals surface area contributed by atoms with Crippen LogP contribution in [0.3, 0.4) is 0 Å². The van der Waals surface area contributed by atoms with E-state index in [0.29, 0.717) is 20.7 Å². The van der Waals surface area contributed by atoms with Crippen LogP contribution in [-0.2, 0) is 0 Å². The summed E-state index contributed by atoms with van der Waals surface area (Å²) in [4.78, 5) is 17.8. The second-order valence-electron chi connectivity index (χ2n) is 4.89. The Morgan fingerprint density at radius 3 is 2.17 bits per heavy atom. The van der Waals surface area contributed by atoms with Crippen molar-refractivity contribution in [3.05, 3.63) is 69.0 Å². The molecule has 6 heteroatoms. The molecule has 0 aliphatic rings. The monoisotopic (exact) mass is 362 g/mol. The summed E-state index contributed by atoms with van der Waals surface area (Å²) in [6.45, 7) is 1.97. The third kappa shape index (κ3) is 3.72. The number of aryl methyl sites for hydroxylation is 1. The van der Waals surface area contributed by atoms with E-state index < -0.39 is 0 Å². The van der Waals surface area contributed by atoms with E-state index in [4.69, 9.17) is 23.2 Å². The summed E-state index contributed by atoms with van der Waals surface area (Å²) >= 11 is 13.2. The zero-order valence-electron chi connectivity index (χ0n) is 12.1. The number of nitrogens with one attached hydrogen (secondary N) is 1. The summed E-state index contributed by atoms with van der Waals surface area (Å²) in [6.07, 6.45) is 0. The van der Waals surface area contributed by atoms with Crippen molar-refractivity contribution < 1.29 is 4.79 Å². The second kappa shape index (κ2) is 6.71. The lowest BCUT2D eigenvalue weighted by molar-refractivity contribution is 0.102. The van der Waals surface area contributed by atoms with E-state index in [1.807, 2.05) is 31.2 Å². The number of carbonyl (C=O) groups excluding carboxylic acids is 1. The first kappa shape index (κ1) is 16.0. The number of anilines is 1. The molecular formula is C17H12Cl2N2OS. The number of rotatable bonds is 3. The molecule has 2 aromatic carbocycles. The molecule has 1 aromatic heterocycles. The van der Waals surface area contributed by atoms with Crippen LogP contribution in [-0.4, -0.2) is 10.9 Å². The highest BCUT2D eigenvalue weighted by molar-refractivity contribution is 7.16. The summed E-state index contributed by atoms with van der Waals surface area (Å²) in [6, 6.07) is 14.2. The van der Waals surface area contributed by atoms with Crippen LogP contribution in [0.15, 0.2) is 48.5 Å². The van der Waals surface area contributed by atoms with E-state index in [1.165, 1.54) is 11.3 Å². The van der Waals surface area contributed by atoms with Gasteiger partial charge in [-0.2, -0.15) is 0 Å². The summed E-state index contributed by atoms with van der Waals surface area (Å²) in [5.41, 5.74) is 2.35. The average Bonchev–Trinajstić information content (AvgIpc) is 2.89. The Labute approximate surface area is 147 Å². The van der Waals surface area contributed by atoms with Gasteiger partial charge in [-0.25, -0.2) is 4.98 Å². The molecule has 0 spiro atoms.